The van der Waals surface area contributed by atoms with Crippen molar-refractivity contribution in [2.45, 2.75) is 74.2 Å². The minimum Gasteiger partial charge on any atom is -0.353 e. The summed E-state index contributed by atoms with van der Waals surface area (Å²) < 4.78 is 2.02. The average molecular weight is 441 g/mol. The molecule has 4 heterocycles. The maximum Gasteiger partial charge on any atom is 0.229 e. The van der Waals surface area contributed by atoms with Gasteiger partial charge in [-0.25, -0.2) is 4.68 Å². The molecule has 0 spiro atoms. The van der Waals surface area contributed by atoms with Gasteiger partial charge in [-0.2, -0.15) is 0 Å². The number of fused-ring (bicyclic) bond motifs is 3. The molecule has 31 heavy (non-hydrogen) atoms. The third-order valence-electron chi connectivity index (χ3n) is 7.46. The SMILES string of the molecule is O=C(NC1CCCCC1)[C@H]1C[NH+]2CC[C@H]1C[C@@H]2Cn1cc(CSc2ccccc2)nn1. The van der Waals surface area contributed by atoms with Gasteiger partial charge in [0.25, 0.3) is 0 Å². The fraction of sp³-hybridized carbons (Fsp3) is 0.625. The topological polar surface area (TPSA) is 64.2 Å². The minimum absolute atomic E-state index is 0.204. The highest BCUT2D eigenvalue weighted by Crippen LogP contribution is 2.29. The molecule has 1 amide bonds. The highest BCUT2D eigenvalue weighted by molar-refractivity contribution is 7.98. The number of hydrogen-bond donors (Lipinski definition) is 2. The summed E-state index contributed by atoms with van der Waals surface area (Å²) >= 11 is 1.80. The average Bonchev–Trinajstić information content (AvgIpc) is 3.27. The molecule has 4 fully saturated rings. The normalized spacial score (nSPS) is 28.5. The van der Waals surface area contributed by atoms with Crippen molar-refractivity contribution >= 4 is 17.7 Å². The van der Waals surface area contributed by atoms with Crippen LogP contribution < -0.4 is 10.2 Å². The Morgan fingerprint density at radius 2 is 2.00 bits per heavy atom. The molecule has 1 saturated carbocycles. The quantitative estimate of drug-likeness (QED) is 0.649. The minimum atomic E-state index is 0.204. The number of quaternary nitrogens is 1. The lowest BCUT2D eigenvalue weighted by atomic mass is 9.75. The van der Waals surface area contributed by atoms with Crippen LogP contribution >= 0.6 is 11.8 Å². The number of piperidine rings is 3. The number of thioether (sulfide) groups is 1. The van der Waals surface area contributed by atoms with E-state index in [1.165, 1.54) is 50.0 Å². The van der Waals surface area contributed by atoms with Crippen LogP contribution in [-0.2, 0) is 17.1 Å². The van der Waals surface area contributed by atoms with Gasteiger partial charge in [0.1, 0.15) is 6.04 Å². The lowest BCUT2D eigenvalue weighted by Gasteiger charge is -2.46. The highest BCUT2D eigenvalue weighted by Gasteiger charge is 2.46. The van der Waals surface area contributed by atoms with Gasteiger partial charge >= 0.3 is 0 Å². The summed E-state index contributed by atoms with van der Waals surface area (Å²) in [5.41, 5.74) is 1.03. The van der Waals surface area contributed by atoms with Crippen LogP contribution in [0.1, 0.15) is 50.6 Å². The molecular weight excluding hydrogens is 406 g/mol. The van der Waals surface area contributed by atoms with E-state index in [-0.39, 0.29) is 5.92 Å². The van der Waals surface area contributed by atoms with Gasteiger partial charge in [0.05, 0.1) is 31.2 Å². The molecule has 3 aliphatic heterocycles. The van der Waals surface area contributed by atoms with Crippen LogP contribution in [0.15, 0.2) is 41.4 Å². The molecule has 1 aliphatic carbocycles. The molecule has 2 bridgehead atoms. The molecule has 1 unspecified atom stereocenters. The van der Waals surface area contributed by atoms with Crippen LogP contribution in [0.5, 0.6) is 0 Å². The second-order valence-electron chi connectivity index (χ2n) is 9.58. The summed E-state index contributed by atoms with van der Waals surface area (Å²) in [5.74, 6) is 1.91. The number of nitrogens with one attached hydrogen (secondary N) is 2. The Labute approximate surface area is 189 Å². The predicted octanol–water partition coefficient (Wildman–Crippen LogP) is 2.31. The molecule has 166 valence electrons. The standard InChI is InChI=1S/C24H33N5OS/c30-24(25-19-7-3-1-4-8-19)23-16-28-12-11-18(23)13-21(28)15-29-14-20(26-27-29)17-31-22-9-5-2-6-10-22/h2,5-6,9-10,14,18-19,21,23H,1,3-4,7-8,11-13,15-17H2,(H,25,30)/p+1/t18-,21+,23-/m0/s1. The molecule has 4 atom stereocenters. The van der Waals surface area contributed by atoms with Crippen molar-refractivity contribution in [3.63, 3.8) is 0 Å². The summed E-state index contributed by atoms with van der Waals surface area (Å²) in [5, 5.41) is 12.2. The number of aromatic nitrogens is 3. The number of rotatable bonds is 7. The smallest absolute Gasteiger partial charge is 0.229 e. The Balaban J connectivity index is 1.13. The highest BCUT2D eigenvalue weighted by atomic mass is 32.2. The summed E-state index contributed by atoms with van der Waals surface area (Å²) in [6.45, 7) is 3.08. The van der Waals surface area contributed by atoms with E-state index in [0.717, 1.165) is 31.0 Å². The Morgan fingerprint density at radius 3 is 2.77 bits per heavy atom. The molecule has 4 aliphatic rings. The predicted molar refractivity (Wildman–Crippen MR) is 122 cm³/mol. The number of benzene rings is 1. The Morgan fingerprint density at radius 1 is 1.16 bits per heavy atom. The third kappa shape index (κ3) is 5.14. The van der Waals surface area contributed by atoms with Crippen molar-refractivity contribution in [1.29, 1.82) is 0 Å². The molecule has 7 heteroatoms. The number of carbonyl (C=O) groups excluding carboxylic acids is 1. The van der Waals surface area contributed by atoms with Crippen LogP contribution in [-0.4, -0.2) is 46.1 Å². The zero-order valence-electron chi connectivity index (χ0n) is 18.2. The summed E-state index contributed by atoms with van der Waals surface area (Å²) in [6.07, 6.45) is 10.6. The van der Waals surface area contributed by atoms with Gasteiger partial charge in [-0.15, -0.1) is 16.9 Å². The fourth-order valence-corrected chi connectivity index (χ4v) is 6.56. The third-order valence-corrected chi connectivity index (χ3v) is 8.51. The van der Waals surface area contributed by atoms with Crippen molar-refractivity contribution in [3.8, 4) is 0 Å². The molecule has 3 saturated heterocycles. The molecule has 1 aromatic carbocycles. The zero-order chi connectivity index (χ0) is 21.0. The molecule has 2 aromatic rings. The van der Waals surface area contributed by atoms with E-state index in [0.29, 0.717) is 23.9 Å². The van der Waals surface area contributed by atoms with E-state index in [1.54, 1.807) is 16.7 Å². The van der Waals surface area contributed by atoms with E-state index >= 15 is 0 Å². The number of carbonyl (C=O) groups is 1. The van der Waals surface area contributed by atoms with Gasteiger partial charge in [-0.3, -0.25) is 4.79 Å². The molecule has 6 rings (SSSR count). The maximum absolute atomic E-state index is 13.0. The van der Waals surface area contributed by atoms with Gasteiger partial charge in [-0.05, 0) is 30.9 Å². The molecule has 0 radical (unpaired) electrons. The first-order chi connectivity index (χ1) is 15.2. The van der Waals surface area contributed by atoms with Crippen LogP contribution in [0.3, 0.4) is 0 Å². The van der Waals surface area contributed by atoms with E-state index in [9.17, 15) is 4.79 Å². The van der Waals surface area contributed by atoms with Crippen molar-refractivity contribution in [3.05, 3.63) is 42.2 Å². The van der Waals surface area contributed by atoms with Crippen molar-refractivity contribution in [2.75, 3.05) is 13.1 Å². The van der Waals surface area contributed by atoms with E-state index in [4.69, 9.17) is 0 Å². The number of hydrogen-bond acceptors (Lipinski definition) is 4. The number of nitrogens with zero attached hydrogens (tertiary/aromatic N) is 3. The summed E-state index contributed by atoms with van der Waals surface area (Å²) in [4.78, 5) is 15.8. The largest absolute Gasteiger partial charge is 0.353 e. The molecular formula is C24H34N5OS+. The van der Waals surface area contributed by atoms with Crippen LogP contribution in [0.25, 0.3) is 0 Å². The van der Waals surface area contributed by atoms with Gasteiger partial charge in [0.15, 0.2) is 0 Å². The van der Waals surface area contributed by atoms with Crippen LogP contribution in [0, 0.1) is 11.8 Å². The second kappa shape index (κ2) is 9.74. The molecule has 1 aromatic heterocycles. The Bertz CT molecular complexity index is 866. The van der Waals surface area contributed by atoms with Gasteiger partial charge < -0.3 is 10.2 Å². The van der Waals surface area contributed by atoms with Gasteiger partial charge in [0, 0.05) is 35.7 Å². The Kier molecular flexibility index (Phi) is 6.60. The van der Waals surface area contributed by atoms with E-state index in [1.807, 2.05) is 10.7 Å². The Hall–Kier alpha value is -1.86. The van der Waals surface area contributed by atoms with Gasteiger partial charge in [0.2, 0.25) is 5.91 Å². The first-order valence-corrected chi connectivity index (χ1v) is 12.9. The summed E-state index contributed by atoms with van der Waals surface area (Å²) in [7, 11) is 0. The van der Waals surface area contributed by atoms with Crippen LogP contribution in [0.2, 0.25) is 0 Å². The van der Waals surface area contributed by atoms with Crippen molar-refractivity contribution in [2.24, 2.45) is 11.8 Å². The van der Waals surface area contributed by atoms with Crippen molar-refractivity contribution < 1.29 is 9.69 Å². The second-order valence-corrected chi connectivity index (χ2v) is 10.6. The maximum atomic E-state index is 13.0. The number of amides is 1. The molecule has 2 N–H and O–H groups in total. The van der Waals surface area contributed by atoms with Crippen LogP contribution in [0.4, 0.5) is 0 Å². The van der Waals surface area contributed by atoms with E-state index < -0.39 is 0 Å². The zero-order valence-corrected chi connectivity index (χ0v) is 19.0. The lowest BCUT2D eigenvalue weighted by Crippen LogP contribution is -3.20. The fourth-order valence-electron chi connectivity index (χ4n) is 5.77. The van der Waals surface area contributed by atoms with Gasteiger partial charge in [-0.1, -0.05) is 42.7 Å². The monoisotopic (exact) mass is 440 g/mol. The van der Waals surface area contributed by atoms with E-state index in [2.05, 4.69) is 46.1 Å². The first kappa shape index (κ1) is 21.0. The first-order valence-electron chi connectivity index (χ1n) is 12.0. The molecule has 6 nitrogen and oxygen atoms in total. The lowest BCUT2D eigenvalue weighted by molar-refractivity contribution is -0.945. The van der Waals surface area contributed by atoms with Crippen molar-refractivity contribution in [1.82, 2.24) is 20.3 Å². The summed E-state index contributed by atoms with van der Waals surface area (Å²) in [6, 6.07) is 11.4.